The summed E-state index contributed by atoms with van der Waals surface area (Å²) in [4.78, 5) is 12.1. The average molecular weight is 404 g/mol. The van der Waals surface area contributed by atoms with Gasteiger partial charge in [0.25, 0.3) is 9.52 Å². The fourth-order valence-corrected chi connectivity index (χ4v) is 2.47. The van der Waals surface area contributed by atoms with Crippen LogP contribution in [0.2, 0.25) is 0 Å². The van der Waals surface area contributed by atoms with Crippen LogP contribution in [-0.4, -0.2) is 26.6 Å². The number of hydrogen-bond acceptors (Lipinski definition) is 4. The third-order valence-corrected chi connectivity index (χ3v) is 4.14. The molecular formula is C14H12Cl3F3N2O2. The third-order valence-electron chi connectivity index (χ3n) is 3.62. The average Bonchev–Trinajstić information content (AvgIpc) is 2.54. The zero-order valence-corrected chi connectivity index (χ0v) is 14.6. The number of benzene rings is 1. The lowest BCUT2D eigenvalue weighted by Crippen LogP contribution is -2.56. The lowest BCUT2D eigenvalue weighted by atomic mass is 9.99. The number of aryl methyl sites for hydroxylation is 2. The second kappa shape index (κ2) is 5.98. The number of aliphatic hydroxyl groups is 1. The molecular weight excluding hydrogens is 392 g/mol. The van der Waals surface area contributed by atoms with Gasteiger partial charge in [0.2, 0.25) is 5.78 Å². The molecule has 0 spiro atoms. The summed E-state index contributed by atoms with van der Waals surface area (Å²) in [6, 6.07) is 2.97. The first kappa shape index (κ1) is 19.2. The van der Waals surface area contributed by atoms with Crippen LogP contribution >= 0.6 is 34.8 Å². The minimum Gasteiger partial charge on any atom is -0.360 e. The van der Waals surface area contributed by atoms with Crippen molar-refractivity contribution in [3.8, 4) is 0 Å². The van der Waals surface area contributed by atoms with Crippen LogP contribution in [0.5, 0.6) is 0 Å². The van der Waals surface area contributed by atoms with Crippen molar-refractivity contribution in [3.63, 3.8) is 0 Å². The minimum absolute atomic E-state index is 0.0544. The molecule has 10 heteroatoms. The lowest BCUT2D eigenvalue weighted by Gasteiger charge is -2.33. The minimum atomic E-state index is -5.26. The van der Waals surface area contributed by atoms with Crippen molar-refractivity contribution in [1.82, 2.24) is 0 Å². The molecule has 3 N–H and O–H groups in total. The SMILES string of the molecule is Cc1cc2c(cc1C)NC(O)(C(F)(F)F)C(C(=O)C(Cl)(Cl)Cl)=CN2. The van der Waals surface area contributed by atoms with E-state index in [9.17, 15) is 23.1 Å². The van der Waals surface area contributed by atoms with Gasteiger partial charge < -0.3 is 15.7 Å². The Balaban J connectivity index is 2.66. The number of halogens is 6. The zero-order chi connectivity index (χ0) is 18.5. The first-order chi connectivity index (χ1) is 10.8. The van der Waals surface area contributed by atoms with Gasteiger partial charge in [-0.15, -0.1) is 0 Å². The maximum absolute atomic E-state index is 13.5. The van der Waals surface area contributed by atoms with E-state index in [0.717, 1.165) is 5.56 Å². The van der Waals surface area contributed by atoms with Gasteiger partial charge in [-0.25, -0.2) is 0 Å². The molecule has 1 heterocycles. The summed E-state index contributed by atoms with van der Waals surface area (Å²) in [7, 11) is 0. The molecule has 0 amide bonds. The molecule has 0 aromatic heterocycles. The molecule has 132 valence electrons. The smallest absolute Gasteiger partial charge is 0.360 e. The molecule has 1 aliphatic heterocycles. The van der Waals surface area contributed by atoms with Gasteiger partial charge in [-0.2, -0.15) is 13.2 Å². The van der Waals surface area contributed by atoms with Crippen LogP contribution in [0.3, 0.4) is 0 Å². The van der Waals surface area contributed by atoms with Gasteiger partial charge >= 0.3 is 6.18 Å². The van der Waals surface area contributed by atoms with Gasteiger partial charge in [-0.3, -0.25) is 4.79 Å². The number of alkyl halides is 6. The highest BCUT2D eigenvalue weighted by Gasteiger charge is 2.61. The Kier molecular flexibility index (Phi) is 4.78. The normalized spacial score (nSPS) is 21.1. The highest BCUT2D eigenvalue weighted by molar-refractivity contribution is 6.77. The van der Waals surface area contributed by atoms with Crippen molar-refractivity contribution in [3.05, 3.63) is 35.0 Å². The number of ketones is 1. The van der Waals surface area contributed by atoms with E-state index in [1.807, 2.05) is 5.32 Å². The molecule has 2 rings (SSSR count). The number of Topliss-reactive ketones (excluding diaryl/α,β-unsaturated/α-hetero) is 1. The number of rotatable bonds is 1. The van der Waals surface area contributed by atoms with E-state index in [2.05, 4.69) is 5.32 Å². The molecule has 24 heavy (non-hydrogen) atoms. The van der Waals surface area contributed by atoms with Crippen LogP contribution in [0, 0.1) is 13.8 Å². The van der Waals surface area contributed by atoms with Gasteiger partial charge in [-0.1, -0.05) is 34.8 Å². The Bertz CT molecular complexity index is 729. The van der Waals surface area contributed by atoms with Crippen molar-refractivity contribution in [1.29, 1.82) is 0 Å². The molecule has 0 fully saturated rings. The summed E-state index contributed by atoms with van der Waals surface area (Å²) in [6.07, 6.45) is -4.57. The Labute approximate surface area is 150 Å². The van der Waals surface area contributed by atoms with Gasteiger partial charge in [0, 0.05) is 6.20 Å². The number of hydrogen-bond donors (Lipinski definition) is 3. The van der Waals surface area contributed by atoms with E-state index in [-0.39, 0.29) is 11.4 Å². The van der Waals surface area contributed by atoms with Crippen LogP contribution in [-0.2, 0) is 4.79 Å². The lowest BCUT2D eigenvalue weighted by molar-refractivity contribution is -0.232. The maximum atomic E-state index is 13.5. The molecule has 1 aromatic rings. The first-order valence-corrected chi connectivity index (χ1v) is 7.68. The molecule has 0 radical (unpaired) electrons. The Morgan fingerprint density at radius 1 is 1.12 bits per heavy atom. The summed E-state index contributed by atoms with van der Waals surface area (Å²) >= 11 is 16.2. The second-order valence-electron chi connectivity index (χ2n) is 5.34. The summed E-state index contributed by atoms with van der Waals surface area (Å²) in [5.74, 6) is -1.51. The van der Waals surface area contributed by atoms with E-state index in [4.69, 9.17) is 34.8 Å². The van der Waals surface area contributed by atoms with Crippen LogP contribution in [0.15, 0.2) is 23.9 Å². The Hall–Kier alpha value is -1.15. The molecule has 1 atom stereocenters. The summed E-state index contributed by atoms with van der Waals surface area (Å²) in [5, 5.41) is 14.7. The summed E-state index contributed by atoms with van der Waals surface area (Å²) < 4.78 is 37.9. The van der Waals surface area contributed by atoms with E-state index in [1.54, 1.807) is 19.9 Å². The molecule has 0 aliphatic carbocycles. The molecule has 0 saturated heterocycles. The van der Waals surface area contributed by atoms with E-state index in [0.29, 0.717) is 11.8 Å². The maximum Gasteiger partial charge on any atom is 0.441 e. The number of fused-ring (bicyclic) bond motifs is 1. The van der Waals surface area contributed by atoms with Crippen molar-refractivity contribution in [2.24, 2.45) is 0 Å². The molecule has 4 nitrogen and oxygen atoms in total. The Morgan fingerprint density at radius 3 is 2.08 bits per heavy atom. The number of anilines is 2. The van der Waals surface area contributed by atoms with Crippen LogP contribution in [0.4, 0.5) is 24.5 Å². The predicted octanol–water partition coefficient (Wildman–Crippen LogP) is 4.21. The van der Waals surface area contributed by atoms with E-state index >= 15 is 0 Å². The van der Waals surface area contributed by atoms with Gasteiger partial charge in [0.1, 0.15) is 0 Å². The fraction of sp³-hybridized carbons (Fsp3) is 0.357. The van der Waals surface area contributed by atoms with Crippen LogP contribution in [0.1, 0.15) is 11.1 Å². The Morgan fingerprint density at radius 2 is 1.62 bits per heavy atom. The highest BCUT2D eigenvalue weighted by atomic mass is 35.6. The van der Waals surface area contributed by atoms with E-state index < -0.39 is 27.1 Å². The highest BCUT2D eigenvalue weighted by Crippen LogP contribution is 2.44. The zero-order valence-electron chi connectivity index (χ0n) is 12.4. The topological polar surface area (TPSA) is 61.4 Å². The molecule has 1 unspecified atom stereocenters. The first-order valence-electron chi connectivity index (χ1n) is 6.54. The third kappa shape index (κ3) is 3.31. The van der Waals surface area contributed by atoms with Gasteiger partial charge in [-0.05, 0) is 37.1 Å². The van der Waals surface area contributed by atoms with Gasteiger partial charge in [0.15, 0.2) is 0 Å². The largest absolute Gasteiger partial charge is 0.441 e. The van der Waals surface area contributed by atoms with Gasteiger partial charge in [0.05, 0.1) is 16.9 Å². The molecule has 1 aromatic carbocycles. The summed E-state index contributed by atoms with van der Waals surface area (Å²) in [5.41, 5.74) is -3.24. The summed E-state index contributed by atoms with van der Waals surface area (Å²) in [6.45, 7) is 3.45. The van der Waals surface area contributed by atoms with Crippen LogP contribution < -0.4 is 10.6 Å². The van der Waals surface area contributed by atoms with Crippen molar-refractivity contribution in [2.75, 3.05) is 10.6 Å². The number of carbonyl (C=O) groups excluding carboxylic acids is 1. The second-order valence-corrected chi connectivity index (χ2v) is 7.63. The van der Waals surface area contributed by atoms with Crippen molar-refractivity contribution in [2.45, 2.75) is 29.5 Å². The standard InChI is InChI=1S/C14H12Cl3F3N2O2/c1-6-3-9-10(4-7(6)2)22-12(24,14(18,19)20)8(5-21-9)11(23)13(15,16)17/h3-5,21-22,24H,1-2H3. The molecule has 0 saturated carbocycles. The van der Waals surface area contributed by atoms with E-state index in [1.165, 1.54) is 6.07 Å². The molecule has 0 bridgehead atoms. The van der Waals surface area contributed by atoms with Crippen molar-refractivity contribution >= 4 is 52.0 Å². The fourth-order valence-electron chi connectivity index (χ4n) is 2.16. The van der Waals surface area contributed by atoms with Crippen LogP contribution in [0.25, 0.3) is 0 Å². The number of carbonyl (C=O) groups is 1. The molecule has 1 aliphatic rings. The predicted molar refractivity (Wildman–Crippen MR) is 87.5 cm³/mol. The number of nitrogens with one attached hydrogen (secondary N) is 2. The monoisotopic (exact) mass is 402 g/mol. The quantitative estimate of drug-likeness (QED) is 0.615. The van der Waals surface area contributed by atoms with Crippen molar-refractivity contribution < 1.29 is 23.1 Å².